The van der Waals surface area contributed by atoms with Crippen LogP contribution in [0.2, 0.25) is 0 Å². The number of piperidine rings is 1. The molecule has 15 heteroatoms. The SMILES string of the molecule is CCC1CNC2c3cccc(c3)Cc3c(O)c(CC(C)C)cc(-c4oc5cc(O)c6c(c5c(=O)c4O)OC4CC5c7c-6cc6c8c(ccc(c78)C(SSCCCC4O)C5O)CC(CCCO)C6CCO)c3CSSC2C1. The minimum absolute atomic E-state index is 0.00596. The first-order valence-electron chi connectivity index (χ1n) is 27.6. The summed E-state index contributed by atoms with van der Waals surface area (Å²) in [5, 5.41) is 89.2. The molecule has 5 heterocycles. The number of rotatable bonds is 9. The summed E-state index contributed by atoms with van der Waals surface area (Å²) in [5.41, 5.74) is 8.90. The highest BCUT2D eigenvalue weighted by atomic mass is 33.1. The molecule has 2 aliphatic carbocycles. The van der Waals surface area contributed by atoms with Crippen LogP contribution >= 0.6 is 43.2 Å². The molecule has 5 aromatic carbocycles. The summed E-state index contributed by atoms with van der Waals surface area (Å²) < 4.78 is 13.9. The first kappa shape index (κ1) is 52.7. The third kappa shape index (κ3) is 9.13. The highest BCUT2D eigenvalue weighted by Gasteiger charge is 2.47. The number of hydrogen-bond donors (Lipinski definition) is 8. The van der Waals surface area contributed by atoms with Crippen LogP contribution in [0.3, 0.4) is 0 Å². The largest absolute Gasteiger partial charge is 0.507 e. The van der Waals surface area contributed by atoms with E-state index in [1.54, 1.807) is 32.4 Å². The number of aliphatic hydroxyl groups is 4. The molecule has 1 aromatic heterocycles. The van der Waals surface area contributed by atoms with Crippen LogP contribution in [-0.2, 0) is 25.0 Å². The molecule has 5 bridgehead atoms. The number of aliphatic hydroxyl groups excluding tert-OH is 4. The second kappa shape index (κ2) is 21.6. The number of hydrogen-bond acceptors (Lipinski definition) is 15. The fraction of sp³-hybridized carbons (Fsp3) is 0.492. The van der Waals surface area contributed by atoms with E-state index >= 15 is 4.79 Å². The van der Waals surface area contributed by atoms with Crippen molar-refractivity contribution in [2.45, 2.75) is 144 Å². The van der Waals surface area contributed by atoms with Crippen molar-refractivity contribution in [3.63, 3.8) is 0 Å². The standard InChI is InChI=1S/C61H69NO10S4/c1-4-30-21-48-54(62-27-30)34-9-5-8-31(19-34)20-39-43(28-74-75-48)40(23-35(55(39)67)18-29(2)3)59-58(70)57(69)53-47(72-59)26-45(66)51-41-24-38-36(14-16-64)32(10-6-15-63)22-33-12-13-37-52(49(33)38)50(41)42-25-46(71-60(51)53)44(65)11-7-17-73-76-61(37)56(42)68/h5,8-9,12-13,19,23-24,26,29-30,32,36,42,44,46,48,54,56,61-68,70H,4,6-7,10-11,14-18,20-22,25,27-28H2,1-3H3. The van der Waals surface area contributed by atoms with Crippen molar-refractivity contribution >= 4 is 64.9 Å². The number of phenolic OH excluding ortho intramolecular Hbond substituents is 2. The number of fused-ring (bicyclic) bond motifs is 12. The molecule has 10 unspecified atom stereocenters. The molecule has 2 saturated heterocycles. The van der Waals surface area contributed by atoms with Crippen molar-refractivity contribution in [2.24, 2.45) is 17.8 Å². The lowest BCUT2D eigenvalue weighted by Crippen LogP contribution is -2.40. The Morgan fingerprint density at radius 1 is 0.868 bits per heavy atom. The second-order valence-electron chi connectivity index (χ2n) is 22.8. The number of phenols is 2. The van der Waals surface area contributed by atoms with Gasteiger partial charge in [-0.1, -0.05) is 107 Å². The summed E-state index contributed by atoms with van der Waals surface area (Å²) in [6.45, 7) is 7.38. The molecule has 6 aromatic rings. The van der Waals surface area contributed by atoms with Gasteiger partial charge in [-0.2, -0.15) is 0 Å². The van der Waals surface area contributed by atoms with E-state index in [2.05, 4.69) is 68.6 Å². The topological polar surface area (TPSA) is 193 Å². The molecule has 0 saturated carbocycles. The molecular weight excluding hydrogens is 1030 g/mol. The Bertz CT molecular complexity index is 3290. The van der Waals surface area contributed by atoms with Crippen molar-refractivity contribution in [3.8, 4) is 45.4 Å². The van der Waals surface area contributed by atoms with Crippen molar-refractivity contribution < 1.29 is 44.9 Å². The molecule has 12 rings (SSSR count). The average Bonchev–Trinajstić information content (AvgIpc) is 3.63. The third-order valence-corrected chi connectivity index (χ3v) is 23.3. The molecular formula is C61H69NO10S4. The lowest BCUT2D eigenvalue weighted by atomic mass is 9.65. The van der Waals surface area contributed by atoms with E-state index in [9.17, 15) is 35.7 Å². The van der Waals surface area contributed by atoms with Gasteiger partial charge in [-0.25, -0.2) is 0 Å². The molecule has 0 spiro atoms. The van der Waals surface area contributed by atoms with Gasteiger partial charge in [0.15, 0.2) is 5.76 Å². The van der Waals surface area contributed by atoms with Gasteiger partial charge in [0.2, 0.25) is 11.2 Å². The molecule has 8 N–H and O–H groups in total. The first-order valence-corrected chi connectivity index (χ1v) is 32.3. The van der Waals surface area contributed by atoms with Crippen LogP contribution in [-0.4, -0.2) is 84.8 Å². The summed E-state index contributed by atoms with van der Waals surface area (Å²) in [6.07, 6.45) is 4.18. The maximum Gasteiger partial charge on any atom is 0.238 e. The summed E-state index contributed by atoms with van der Waals surface area (Å²) in [4.78, 5) is 15.6. The van der Waals surface area contributed by atoms with Gasteiger partial charge in [-0.15, -0.1) is 0 Å². The minimum Gasteiger partial charge on any atom is -0.507 e. The maximum atomic E-state index is 15.6. The smallest absolute Gasteiger partial charge is 0.238 e. The van der Waals surface area contributed by atoms with Crippen molar-refractivity contribution in [1.29, 1.82) is 0 Å². The fourth-order valence-corrected chi connectivity index (χ4v) is 19.9. The van der Waals surface area contributed by atoms with Crippen LogP contribution < -0.4 is 15.5 Å². The van der Waals surface area contributed by atoms with E-state index < -0.39 is 35.4 Å². The van der Waals surface area contributed by atoms with Gasteiger partial charge < -0.3 is 50.2 Å². The predicted octanol–water partition coefficient (Wildman–Crippen LogP) is 12.1. The Balaban J connectivity index is 1.10. The van der Waals surface area contributed by atoms with E-state index in [0.29, 0.717) is 72.4 Å². The average molecular weight is 1100 g/mol. The Morgan fingerprint density at radius 2 is 1.72 bits per heavy atom. The van der Waals surface area contributed by atoms with Gasteiger partial charge in [0.25, 0.3) is 0 Å². The highest BCUT2D eigenvalue weighted by Crippen LogP contribution is 2.61. The zero-order chi connectivity index (χ0) is 52.7. The van der Waals surface area contributed by atoms with Crippen LogP contribution in [0.5, 0.6) is 23.0 Å². The molecule has 0 radical (unpaired) electrons. The fourth-order valence-electron chi connectivity index (χ4n) is 14.0. The number of ether oxygens (including phenoxy) is 1. The summed E-state index contributed by atoms with van der Waals surface area (Å²) in [5.74, 6) is 0.636. The molecule has 0 amide bonds. The van der Waals surface area contributed by atoms with E-state index in [1.807, 2.05) is 16.9 Å². The van der Waals surface area contributed by atoms with Crippen molar-refractivity contribution in [2.75, 3.05) is 25.5 Å². The lowest BCUT2D eigenvalue weighted by Gasteiger charge is -2.43. The number of nitrogens with one attached hydrogen (secondary N) is 1. The first-order chi connectivity index (χ1) is 36.9. The number of aromatic hydroxyl groups is 3. The summed E-state index contributed by atoms with van der Waals surface area (Å²) in [6, 6.07) is 18.5. The van der Waals surface area contributed by atoms with Gasteiger partial charge >= 0.3 is 0 Å². The van der Waals surface area contributed by atoms with Crippen LogP contribution in [0.25, 0.3) is 44.2 Å². The van der Waals surface area contributed by atoms with Gasteiger partial charge in [0, 0.05) is 65.5 Å². The van der Waals surface area contributed by atoms with Gasteiger partial charge in [-0.05, 0) is 161 Å². The quantitative estimate of drug-likeness (QED) is 0.0637. The van der Waals surface area contributed by atoms with Crippen molar-refractivity contribution in [1.82, 2.24) is 5.32 Å². The van der Waals surface area contributed by atoms with Crippen LogP contribution in [0, 0.1) is 17.8 Å². The van der Waals surface area contributed by atoms with Gasteiger partial charge in [-0.3, -0.25) is 4.79 Å². The molecule has 76 heavy (non-hydrogen) atoms. The highest BCUT2D eigenvalue weighted by molar-refractivity contribution is 8.77. The van der Waals surface area contributed by atoms with Crippen LogP contribution in [0.1, 0.15) is 145 Å². The van der Waals surface area contributed by atoms with Crippen molar-refractivity contribution in [3.05, 3.63) is 115 Å². The summed E-state index contributed by atoms with van der Waals surface area (Å²) >= 11 is 0. The molecule has 6 aliphatic rings. The van der Waals surface area contributed by atoms with Crippen LogP contribution in [0.15, 0.2) is 63.8 Å². The second-order valence-corrected chi connectivity index (χ2v) is 28.0. The Labute approximate surface area is 459 Å². The van der Waals surface area contributed by atoms with Crippen LogP contribution in [0.4, 0.5) is 0 Å². The minimum atomic E-state index is -0.999. The van der Waals surface area contributed by atoms with Gasteiger partial charge in [0.05, 0.1) is 23.0 Å². The molecule has 2 fully saturated rings. The Hall–Kier alpha value is -4.03. The van der Waals surface area contributed by atoms with E-state index in [4.69, 9.17) is 9.15 Å². The molecule has 402 valence electrons. The molecule has 10 atom stereocenters. The lowest BCUT2D eigenvalue weighted by molar-refractivity contribution is 0.00975. The Morgan fingerprint density at radius 3 is 2.53 bits per heavy atom. The summed E-state index contributed by atoms with van der Waals surface area (Å²) in [7, 11) is 6.89. The maximum absolute atomic E-state index is 15.6. The molecule has 4 aliphatic heterocycles. The number of benzene rings is 5. The molecule has 11 nitrogen and oxygen atoms in total. The van der Waals surface area contributed by atoms with E-state index in [-0.39, 0.29) is 93.5 Å². The zero-order valence-electron chi connectivity index (χ0n) is 43.3. The van der Waals surface area contributed by atoms with E-state index in [0.717, 1.165) is 82.1 Å². The Kier molecular flexibility index (Phi) is 14.9. The van der Waals surface area contributed by atoms with E-state index in [1.165, 1.54) is 11.6 Å². The van der Waals surface area contributed by atoms with Gasteiger partial charge in [0.1, 0.15) is 34.3 Å². The zero-order valence-corrected chi connectivity index (χ0v) is 46.6. The predicted molar refractivity (Wildman–Crippen MR) is 309 cm³/mol. The third-order valence-electron chi connectivity index (χ3n) is 17.6. The monoisotopic (exact) mass is 1100 g/mol. The normalized spacial score (nSPS) is 26.9.